The Labute approximate surface area is 121 Å². The number of rotatable bonds is 5. The van der Waals surface area contributed by atoms with Crippen LogP contribution in [0.5, 0.6) is 5.75 Å². The van der Waals surface area contributed by atoms with E-state index in [1.165, 1.54) is 12.1 Å². The fraction of sp³-hybridized carbons (Fsp3) is 0.571. The summed E-state index contributed by atoms with van der Waals surface area (Å²) in [5.74, 6) is 5.37. The Bertz CT molecular complexity index is 456. The van der Waals surface area contributed by atoms with Crippen LogP contribution in [0.3, 0.4) is 0 Å². The Morgan fingerprint density at radius 2 is 2.05 bits per heavy atom. The molecular formula is C14H19F3N2O2. The fourth-order valence-corrected chi connectivity index (χ4v) is 2.59. The van der Waals surface area contributed by atoms with Gasteiger partial charge in [0.25, 0.3) is 0 Å². The summed E-state index contributed by atoms with van der Waals surface area (Å²) in [6.45, 7) is 2.69. The lowest BCUT2D eigenvalue weighted by atomic mass is 9.89. The van der Waals surface area contributed by atoms with Gasteiger partial charge in [0, 0.05) is 6.61 Å². The molecule has 4 nitrogen and oxygen atoms in total. The van der Waals surface area contributed by atoms with E-state index in [-0.39, 0.29) is 17.4 Å². The zero-order valence-corrected chi connectivity index (χ0v) is 11.7. The number of hydrogen-bond donors (Lipinski definition) is 2. The van der Waals surface area contributed by atoms with Gasteiger partial charge in [0.15, 0.2) is 0 Å². The monoisotopic (exact) mass is 304 g/mol. The Balaban J connectivity index is 2.01. The molecule has 0 saturated carbocycles. The number of nitrogens with one attached hydrogen (secondary N) is 1. The van der Waals surface area contributed by atoms with Crippen molar-refractivity contribution >= 4 is 0 Å². The normalized spacial score (nSPS) is 24.0. The Morgan fingerprint density at radius 3 is 2.52 bits per heavy atom. The van der Waals surface area contributed by atoms with Crippen LogP contribution in [0.25, 0.3) is 0 Å². The van der Waals surface area contributed by atoms with E-state index >= 15 is 0 Å². The summed E-state index contributed by atoms with van der Waals surface area (Å²) in [4.78, 5) is 0. The summed E-state index contributed by atoms with van der Waals surface area (Å²) in [5, 5.41) is 0. The maximum Gasteiger partial charge on any atom is 0.573 e. The van der Waals surface area contributed by atoms with E-state index in [0.717, 1.165) is 18.4 Å². The molecule has 3 N–H and O–H groups in total. The van der Waals surface area contributed by atoms with Gasteiger partial charge in [-0.2, -0.15) is 0 Å². The molecule has 0 spiro atoms. The van der Waals surface area contributed by atoms with Gasteiger partial charge < -0.3 is 9.47 Å². The lowest BCUT2D eigenvalue weighted by molar-refractivity contribution is -0.274. The zero-order chi connectivity index (χ0) is 15.5. The van der Waals surface area contributed by atoms with Crippen molar-refractivity contribution in [2.24, 2.45) is 5.84 Å². The van der Waals surface area contributed by atoms with Crippen LogP contribution in [-0.4, -0.2) is 24.6 Å². The van der Waals surface area contributed by atoms with E-state index in [0.29, 0.717) is 13.0 Å². The molecule has 1 aliphatic heterocycles. The number of nitrogens with two attached hydrogens (primary N) is 1. The molecule has 0 amide bonds. The third-order valence-corrected chi connectivity index (χ3v) is 3.78. The van der Waals surface area contributed by atoms with Gasteiger partial charge in [-0.15, -0.1) is 13.2 Å². The molecule has 2 atom stereocenters. The Kier molecular flexibility index (Phi) is 4.75. The predicted molar refractivity (Wildman–Crippen MR) is 71.5 cm³/mol. The average molecular weight is 304 g/mol. The Morgan fingerprint density at radius 1 is 1.38 bits per heavy atom. The second-order valence-corrected chi connectivity index (χ2v) is 5.38. The molecule has 21 heavy (non-hydrogen) atoms. The third kappa shape index (κ3) is 4.33. The quantitative estimate of drug-likeness (QED) is 0.648. The molecule has 1 aromatic carbocycles. The summed E-state index contributed by atoms with van der Waals surface area (Å²) in [6.07, 6.45) is -2.22. The summed E-state index contributed by atoms with van der Waals surface area (Å²) in [6, 6.07) is 5.70. The van der Waals surface area contributed by atoms with Gasteiger partial charge in [0.05, 0.1) is 11.6 Å². The summed E-state index contributed by atoms with van der Waals surface area (Å²) in [7, 11) is 0. The molecule has 0 aromatic heterocycles. The highest BCUT2D eigenvalue weighted by molar-refractivity contribution is 5.28. The van der Waals surface area contributed by atoms with Crippen molar-refractivity contribution in [2.75, 3.05) is 6.61 Å². The van der Waals surface area contributed by atoms with E-state index in [4.69, 9.17) is 10.6 Å². The van der Waals surface area contributed by atoms with Crippen LogP contribution in [0.1, 0.15) is 25.3 Å². The van der Waals surface area contributed by atoms with Crippen molar-refractivity contribution < 1.29 is 22.6 Å². The highest BCUT2D eigenvalue weighted by Gasteiger charge is 2.38. The molecular weight excluding hydrogens is 285 g/mol. The van der Waals surface area contributed by atoms with Gasteiger partial charge in [-0.05, 0) is 43.9 Å². The molecule has 0 bridgehead atoms. The number of halogens is 3. The van der Waals surface area contributed by atoms with Crippen LogP contribution >= 0.6 is 0 Å². The maximum atomic E-state index is 12.1. The lowest BCUT2D eigenvalue weighted by Gasteiger charge is -2.33. The largest absolute Gasteiger partial charge is 0.573 e. The van der Waals surface area contributed by atoms with Crippen molar-refractivity contribution in [3.05, 3.63) is 29.8 Å². The van der Waals surface area contributed by atoms with Gasteiger partial charge in [0.1, 0.15) is 5.75 Å². The first kappa shape index (κ1) is 16.1. The number of alkyl halides is 3. The zero-order valence-electron chi connectivity index (χ0n) is 11.7. The molecule has 0 radical (unpaired) electrons. The molecule has 7 heteroatoms. The van der Waals surface area contributed by atoms with Crippen LogP contribution in [0.15, 0.2) is 24.3 Å². The highest BCUT2D eigenvalue weighted by Crippen LogP contribution is 2.30. The first-order chi connectivity index (χ1) is 9.82. The van der Waals surface area contributed by atoms with E-state index < -0.39 is 6.36 Å². The molecule has 1 saturated heterocycles. The molecule has 2 rings (SSSR count). The van der Waals surface area contributed by atoms with E-state index in [2.05, 4.69) is 10.2 Å². The van der Waals surface area contributed by atoms with Crippen LogP contribution in [0, 0.1) is 0 Å². The van der Waals surface area contributed by atoms with Crippen molar-refractivity contribution in [1.29, 1.82) is 0 Å². The summed E-state index contributed by atoms with van der Waals surface area (Å²) in [5.41, 5.74) is 3.26. The van der Waals surface area contributed by atoms with Gasteiger partial charge in [-0.25, -0.2) is 0 Å². The first-order valence-electron chi connectivity index (χ1n) is 6.77. The topological polar surface area (TPSA) is 56.5 Å². The second-order valence-electron chi connectivity index (χ2n) is 5.38. The maximum absolute atomic E-state index is 12.1. The average Bonchev–Trinajstić information content (AvgIpc) is 2.84. The minimum Gasteiger partial charge on any atom is -0.406 e. The first-order valence-corrected chi connectivity index (χ1v) is 6.77. The van der Waals surface area contributed by atoms with Crippen molar-refractivity contribution in [3.63, 3.8) is 0 Å². The third-order valence-electron chi connectivity index (χ3n) is 3.78. The molecule has 118 valence electrons. The van der Waals surface area contributed by atoms with Crippen molar-refractivity contribution in [3.8, 4) is 5.75 Å². The standard InChI is InChI=1S/C14H19F3N2O2/c1-13(7-2-8-20-13)12(19-18)9-10-3-5-11(6-4-10)21-14(15,16)17/h3-6,12,19H,2,7-9,18H2,1H3. The minimum atomic E-state index is -4.67. The molecule has 2 unspecified atom stereocenters. The molecule has 1 heterocycles. The van der Waals surface area contributed by atoms with Crippen molar-refractivity contribution in [2.45, 2.75) is 44.2 Å². The molecule has 0 aliphatic carbocycles. The predicted octanol–water partition coefficient (Wildman–Crippen LogP) is 2.53. The summed E-state index contributed by atoms with van der Waals surface area (Å²) < 4.78 is 45.9. The Hall–Kier alpha value is -1.31. The van der Waals surface area contributed by atoms with E-state index in [1.807, 2.05) is 6.92 Å². The second kappa shape index (κ2) is 6.21. The lowest BCUT2D eigenvalue weighted by Crippen LogP contribution is -2.52. The number of benzene rings is 1. The van der Waals surface area contributed by atoms with E-state index in [9.17, 15) is 13.2 Å². The van der Waals surface area contributed by atoms with Crippen LogP contribution < -0.4 is 16.0 Å². The smallest absolute Gasteiger partial charge is 0.406 e. The van der Waals surface area contributed by atoms with Crippen molar-refractivity contribution in [1.82, 2.24) is 5.43 Å². The number of hydrazine groups is 1. The van der Waals surface area contributed by atoms with Gasteiger partial charge in [0.2, 0.25) is 0 Å². The SMILES string of the molecule is CC1(C(Cc2ccc(OC(F)(F)F)cc2)NN)CCCO1. The van der Waals surface area contributed by atoms with Gasteiger partial charge >= 0.3 is 6.36 Å². The number of ether oxygens (including phenoxy) is 2. The number of hydrogen-bond acceptors (Lipinski definition) is 4. The van der Waals surface area contributed by atoms with Gasteiger partial charge in [-0.3, -0.25) is 11.3 Å². The fourth-order valence-electron chi connectivity index (χ4n) is 2.59. The van der Waals surface area contributed by atoms with Crippen LogP contribution in [0.2, 0.25) is 0 Å². The highest BCUT2D eigenvalue weighted by atomic mass is 19.4. The van der Waals surface area contributed by atoms with Gasteiger partial charge in [-0.1, -0.05) is 12.1 Å². The molecule has 1 aliphatic rings. The summed E-state index contributed by atoms with van der Waals surface area (Å²) >= 11 is 0. The minimum absolute atomic E-state index is 0.102. The van der Waals surface area contributed by atoms with Crippen LogP contribution in [0.4, 0.5) is 13.2 Å². The van der Waals surface area contributed by atoms with Crippen LogP contribution in [-0.2, 0) is 11.2 Å². The molecule has 1 aromatic rings. The van der Waals surface area contributed by atoms with E-state index in [1.54, 1.807) is 12.1 Å². The molecule has 1 fully saturated rings.